The Balaban J connectivity index is 1.71. The van der Waals surface area contributed by atoms with Crippen molar-refractivity contribution in [3.8, 4) is 0 Å². The number of benzene rings is 1. The van der Waals surface area contributed by atoms with Crippen LogP contribution in [-0.4, -0.2) is 29.3 Å². The van der Waals surface area contributed by atoms with Crippen molar-refractivity contribution in [2.75, 3.05) is 6.54 Å². The second-order valence-electron chi connectivity index (χ2n) is 6.71. The van der Waals surface area contributed by atoms with Crippen LogP contribution in [0, 0.1) is 13.8 Å². The van der Waals surface area contributed by atoms with Crippen molar-refractivity contribution in [3.05, 3.63) is 57.3 Å². The summed E-state index contributed by atoms with van der Waals surface area (Å²) in [7, 11) is 0. The van der Waals surface area contributed by atoms with Gasteiger partial charge < -0.3 is 10.2 Å². The Morgan fingerprint density at radius 3 is 2.72 bits per heavy atom. The summed E-state index contributed by atoms with van der Waals surface area (Å²) in [5.74, 6) is -0.191. The first-order valence-corrected chi connectivity index (χ1v) is 9.57. The molecule has 4 nitrogen and oxygen atoms in total. The predicted molar refractivity (Wildman–Crippen MR) is 101 cm³/mol. The molecule has 1 aromatic carbocycles. The van der Waals surface area contributed by atoms with Crippen molar-refractivity contribution >= 4 is 23.2 Å². The van der Waals surface area contributed by atoms with Crippen molar-refractivity contribution in [1.82, 2.24) is 10.2 Å². The molecule has 1 aliphatic rings. The predicted octanol–water partition coefficient (Wildman–Crippen LogP) is 3.85. The number of likely N-dealkylation sites (tertiary alicyclic amines) is 1. The second kappa shape index (κ2) is 7.40. The van der Waals surface area contributed by atoms with Gasteiger partial charge in [0.05, 0.1) is 10.9 Å². The van der Waals surface area contributed by atoms with Crippen LogP contribution < -0.4 is 5.32 Å². The summed E-state index contributed by atoms with van der Waals surface area (Å²) in [6, 6.07) is 9.60. The Kier molecular flexibility index (Phi) is 5.23. The van der Waals surface area contributed by atoms with Crippen molar-refractivity contribution in [2.45, 2.75) is 45.7 Å². The fourth-order valence-electron chi connectivity index (χ4n) is 3.33. The largest absolute Gasteiger partial charge is 0.340 e. The SMILES string of the molecule is Cc1ccc(C2CCCN2C(=O)C(C)NC(=O)c2cccs2)cc1C. The molecule has 5 heteroatoms. The highest BCUT2D eigenvalue weighted by Crippen LogP contribution is 2.33. The maximum absolute atomic E-state index is 12.9. The first-order chi connectivity index (χ1) is 12.0. The molecular formula is C20H24N2O2S. The van der Waals surface area contributed by atoms with Crippen LogP contribution >= 0.6 is 11.3 Å². The van der Waals surface area contributed by atoms with E-state index >= 15 is 0 Å². The average Bonchev–Trinajstić information content (AvgIpc) is 3.28. The number of hydrogen-bond donors (Lipinski definition) is 1. The van der Waals surface area contributed by atoms with E-state index in [-0.39, 0.29) is 17.9 Å². The zero-order chi connectivity index (χ0) is 18.0. The molecule has 0 radical (unpaired) electrons. The molecule has 2 atom stereocenters. The number of aryl methyl sites for hydroxylation is 2. The van der Waals surface area contributed by atoms with Crippen LogP contribution in [0.5, 0.6) is 0 Å². The molecular weight excluding hydrogens is 332 g/mol. The maximum Gasteiger partial charge on any atom is 0.261 e. The Labute approximate surface area is 152 Å². The van der Waals surface area contributed by atoms with E-state index in [0.29, 0.717) is 4.88 Å². The number of carbonyl (C=O) groups is 2. The topological polar surface area (TPSA) is 49.4 Å². The molecule has 2 unspecified atom stereocenters. The molecule has 0 spiro atoms. The number of nitrogens with zero attached hydrogens (tertiary/aromatic N) is 1. The fraction of sp³-hybridized carbons (Fsp3) is 0.400. The van der Waals surface area contributed by atoms with Crippen LogP contribution in [0.1, 0.15) is 52.2 Å². The molecule has 3 rings (SSSR count). The van der Waals surface area contributed by atoms with Crippen molar-refractivity contribution < 1.29 is 9.59 Å². The lowest BCUT2D eigenvalue weighted by Crippen LogP contribution is -2.46. The minimum atomic E-state index is -0.526. The number of nitrogens with one attached hydrogen (secondary N) is 1. The highest BCUT2D eigenvalue weighted by molar-refractivity contribution is 7.12. The maximum atomic E-state index is 12.9. The molecule has 2 amide bonds. The summed E-state index contributed by atoms with van der Waals surface area (Å²) in [5, 5.41) is 4.69. The van der Waals surface area contributed by atoms with Crippen LogP contribution in [-0.2, 0) is 4.79 Å². The Hall–Kier alpha value is -2.14. The number of rotatable bonds is 4. The third-order valence-corrected chi connectivity index (χ3v) is 5.78. The average molecular weight is 356 g/mol. The van der Waals surface area contributed by atoms with Crippen molar-refractivity contribution in [3.63, 3.8) is 0 Å². The normalized spacial score (nSPS) is 18.2. The first-order valence-electron chi connectivity index (χ1n) is 8.69. The molecule has 1 saturated heterocycles. The third-order valence-electron chi connectivity index (χ3n) is 4.91. The minimum Gasteiger partial charge on any atom is -0.340 e. The number of hydrogen-bond acceptors (Lipinski definition) is 3. The monoisotopic (exact) mass is 356 g/mol. The van der Waals surface area contributed by atoms with Crippen molar-refractivity contribution in [1.29, 1.82) is 0 Å². The fourth-order valence-corrected chi connectivity index (χ4v) is 3.96. The summed E-state index contributed by atoms with van der Waals surface area (Å²) >= 11 is 1.38. The molecule has 1 aromatic heterocycles. The van der Waals surface area contributed by atoms with E-state index in [1.165, 1.54) is 28.0 Å². The number of thiophene rings is 1. The Bertz CT molecular complexity index is 770. The molecule has 2 aromatic rings. The van der Waals surface area contributed by atoms with E-state index in [4.69, 9.17) is 0 Å². The van der Waals surface area contributed by atoms with Gasteiger partial charge in [-0.05, 0) is 61.7 Å². The van der Waals surface area contributed by atoms with E-state index in [0.717, 1.165) is 19.4 Å². The lowest BCUT2D eigenvalue weighted by Gasteiger charge is -2.28. The van der Waals surface area contributed by atoms with Gasteiger partial charge in [-0.15, -0.1) is 11.3 Å². The third kappa shape index (κ3) is 3.76. The molecule has 132 valence electrons. The highest BCUT2D eigenvalue weighted by Gasteiger charge is 2.33. The van der Waals surface area contributed by atoms with Crippen LogP contribution in [0.3, 0.4) is 0 Å². The molecule has 1 N–H and O–H groups in total. The molecule has 0 aliphatic carbocycles. The Morgan fingerprint density at radius 1 is 1.24 bits per heavy atom. The zero-order valence-corrected chi connectivity index (χ0v) is 15.7. The van der Waals surface area contributed by atoms with Gasteiger partial charge in [0.25, 0.3) is 5.91 Å². The quantitative estimate of drug-likeness (QED) is 0.905. The molecule has 0 saturated carbocycles. The summed E-state index contributed by atoms with van der Waals surface area (Å²) in [6.45, 7) is 6.71. The smallest absolute Gasteiger partial charge is 0.261 e. The molecule has 25 heavy (non-hydrogen) atoms. The van der Waals surface area contributed by atoms with Crippen LogP contribution in [0.25, 0.3) is 0 Å². The van der Waals surface area contributed by atoms with Crippen LogP contribution in [0.15, 0.2) is 35.7 Å². The lowest BCUT2D eigenvalue weighted by molar-refractivity contribution is -0.133. The van der Waals surface area contributed by atoms with E-state index in [2.05, 4.69) is 37.4 Å². The summed E-state index contributed by atoms with van der Waals surface area (Å²) in [6.07, 6.45) is 1.97. The van der Waals surface area contributed by atoms with E-state index < -0.39 is 6.04 Å². The lowest BCUT2D eigenvalue weighted by atomic mass is 9.99. The van der Waals surface area contributed by atoms with Crippen LogP contribution in [0.2, 0.25) is 0 Å². The number of amides is 2. The van der Waals surface area contributed by atoms with Gasteiger partial charge in [0.15, 0.2) is 0 Å². The Morgan fingerprint density at radius 2 is 2.04 bits per heavy atom. The summed E-state index contributed by atoms with van der Waals surface area (Å²) in [5.41, 5.74) is 3.69. The molecule has 1 fully saturated rings. The van der Waals surface area contributed by atoms with Gasteiger partial charge in [-0.25, -0.2) is 0 Å². The van der Waals surface area contributed by atoms with Gasteiger partial charge in [-0.2, -0.15) is 0 Å². The zero-order valence-electron chi connectivity index (χ0n) is 14.9. The minimum absolute atomic E-state index is 0.00867. The molecule has 1 aliphatic heterocycles. The van der Waals surface area contributed by atoms with Crippen molar-refractivity contribution in [2.24, 2.45) is 0 Å². The standard InChI is InChI=1S/C20H24N2O2S/c1-13-8-9-16(12-14(13)2)17-6-4-10-22(17)20(24)15(3)21-19(23)18-7-5-11-25-18/h5,7-9,11-12,15,17H,4,6,10H2,1-3H3,(H,21,23). The van der Waals surface area contributed by atoms with Gasteiger partial charge >= 0.3 is 0 Å². The van der Waals surface area contributed by atoms with Gasteiger partial charge in [-0.1, -0.05) is 24.3 Å². The van der Waals surface area contributed by atoms with E-state index in [9.17, 15) is 9.59 Å². The van der Waals surface area contributed by atoms with Gasteiger partial charge in [0.1, 0.15) is 6.04 Å². The first kappa shape index (κ1) is 17.7. The number of carbonyl (C=O) groups excluding carboxylic acids is 2. The van der Waals surface area contributed by atoms with Gasteiger partial charge in [0, 0.05) is 6.54 Å². The van der Waals surface area contributed by atoms with E-state index in [1.54, 1.807) is 13.0 Å². The summed E-state index contributed by atoms with van der Waals surface area (Å²) in [4.78, 5) is 27.6. The van der Waals surface area contributed by atoms with E-state index in [1.807, 2.05) is 16.3 Å². The van der Waals surface area contributed by atoms with Gasteiger partial charge in [-0.3, -0.25) is 9.59 Å². The second-order valence-corrected chi connectivity index (χ2v) is 7.65. The molecule has 0 bridgehead atoms. The van der Waals surface area contributed by atoms with Gasteiger partial charge in [0.2, 0.25) is 5.91 Å². The van der Waals surface area contributed by atoms with Crippen LogP contribution in [0.4, 0.5) is 0 Å². The molecule has 2 heterocycles. The highest BCUT2D eigenvalue weighted by atomic mass is 32.1. The summed E-state index contributed by atoms with van der Waals surface area (Å²) < 4.78 is 0.